The molecule has 3 heterocycles. The molecule has 0 radical (unpaired) electrons. The van der Waals surface area contributed by atoms with Crippen LogP contribution in [-0.2, 0) is 21.0 Å². The van der Waals surface area contributed by atoms with Crippen molar-refractivity contribution in [2.45, 2.75) is 65.0 Å². The second kappa shape index (κ2) is 12.7. The minimum Gasteiger partial charge on any atom is -0.481 e. The highest BCUT2D eigenvalue weighted by molar-refractivity contribution is 5.84. The predicted octanol–water partition coefficient (Wildman–Crippen LogP) is 1.61. The van der Waals surface area contributed by atoms with Gasteiger partial charge in [-0.1, -0.05) is 27.2 Å². The van der Waals surface area contributed by atoms with E-state index in [1.165, 1.54) is 0 Å². The number of carbonyl (C=O) groups excluding carboxylic acids is 2. The molecule has 3 atom stereocenters. The molecule has 0 aromatic heterocycles. The van der Waals surface area contributed by atoms with Gasteiger partial charge in [0.05, 0.1) is 19.1 Å². The van der Waals surface area contributed by atoms with E-state index >= 15 is 0 Å². The van der Waals surface area contributed by atoms with E-state index in [0.29, 0.717) is 62.8 Å². The number of aliphatic hydroxyl groups is 1. The Labute approximate surface area is 236 Å². The number of carbonyl (C=O) groups is 3. The lowest BCUT2D eigenvalue weighted by Crippen LogP contribution is -2.46. The zero-order chi connectivity index (χ0) is 29.0. The molecule has 11 heteroatoms. The van der Waals surface area contributed by atoms with Crippen molar-refractivity contribution in [3.05, 3.63) is 23.3 Å². The van der Waals surface area contributed by atoms with E-state index in [4.69, 9.17) is 15.2 Å². The van der Waals surface area contributed by atoms with Crippen LogP contribution >= 0.6 is 0 Å². The molecule has 2 fully saturated rings. The molecule has 0 bridgehead atoms. The summed E-state index contributed by atoms with van der Waals surface area (Å²) in [5.41, 5.74) is 6.64. The van der Waals surface area contributed by atoms with Crippen molar-refractivity contribution >= 4 is 17.8 Å². The smallest absolute Gasteiger partial charge is 0.308 e. The molecule has 4 N–H and O–H groups in total. The molecule has 11 nitrogen and oxygen atoms in total. The number of rotatable bonds is 13. The minimum atomic E-state index is -0.953. The van der Waals surface area contributed by atoms with E-state index in [-0.39, 0.29) is 31.8 Å². The molecular weight excluding hydrogens is 516 g/mol. The molecule has 0 aliphatic carbocycles. The largest absolute Gasteiger partial charge is 0.481 e. The number of ether oxygens (including phenoxy) is 2. The monoisotopic (exact) mass is 560 g/mol. The van der Waals surface area contributed by atoms with E-state index in [2.05, 4.69) is 6.92 Å². The van der Waals surface area contributed by atoms with Gasteiger partial charge in [-0.25, -0.2) is 0 Å². The Balaban J connectivity index is 1.63. The first-order valence-electron chi connectivity index (χ1n) is 14.4. The van der Waals surface area contributed by atoms with E-state index < -0.39 is 29.3 Å². The van der Waals surface area contributed by atoms with E-state index in [9.17, 15) is 24.6 Å². The summed E-state index contributed by atoms with van der Waals surface area (Å²) in [6, 6.07) is 3.11. The van der Waals surface area contributed by atoms with E-state index in [1.54, 1.807) is 17.0 Å². The number of nitrogens with two attached hydrogens (primary N) is 1. The molecule has 0 spiro atoms. The van der Waals surface area contributed by atoms with Crippen molar-refractivity contribution in [1.82, 2.24) is 14.7 Å². The number of carboxylic acid groups (broad SMARTS) is 1. The topological polar surface area (TPSA) is 146 Å². The summed E-state index contributed by atoms with van der Waals surface area (Å²) in [5, 5.41) is 20.5. The second-order valence-electron chi connectivity index (χ2n) is 11.8. The fourth-order valence-corrected chi connectivity index (χ4v) is 6.32. The van der Waals surface area contributed by atoms with Gasteiger partial charge in [-0.15, -0.1) is 0 Å². The lowest BCUT2D eigenvalue weighted by molar-refractivity contribution is -0.144. The number of aliphatic hydroxyl groups excluding tert-OH is 1. The van der Waals surface area contributed by atoms with Crippen molar-refractivity contribution in [1.29, 1.82) is 0 Å². The molecule has 3 aliphatic heterocycles. The Bertz CT molecular complexity index is 1090. The van der Waals surface area contributed by atoms with Gasteiger partial charge in [0.1, 0.15) is 0 Å². The van der Waals surface area contributed by atoms with Gasteiger partial charge in [0.2, 0.25) is 18.6 Å². The average Bonchev–Trinajstić information content (AvgIpc) is 3.61. The number of unbranched alkanes of at least 4 members (excludes halogenated alkanes) is 1. The Morgan fingerprint density at radius 1 is 1.23 bits per heavy atom. The summed E-state index contributed by atoms with van der Waals surface area (Å²) >= 11 is 0. The molecule has 3 aliphatic rings. The summed E-state index contributed by atoms with van der Waals surface area (Å²) in [7, 11) is 0. The third-order valence-corrected chi connectivity index (χ3v) is 8.64. The van der Waals surface area contributed by atoms with E-state index in [1.807, 2.05) is 23.6 Å². The molecule has 222 valence electrons. The fraction of sp³-hybridized carbons (Fsp3) is 0.690. The van der Waals surface area contributed by atoms with Crippen LogP contribution in [0.25, 0.3) is 0 Å². The van der Waals surface area contributed by atoms with Crippen molar-refractivity contribution in [2.75, 3.05) is 52.6 Å². The third kappa shape index (κ3) is 6.21. The number of likely N-dealkylation sites (tertiary alicyclic amines) is 2. The van der Waals surface area contributed by atoms with Crippen LogP contribution in [0, 0.1) is 11.3 Å². The molecule has 2 amide bonds. The summed E-state index contributed by atoms with van der Waals surface area (Å²) in [6.07, 6.45) is 3.01. The highest BCUT2D eigenvalue weighted by Crippen LogP contribution is 2.44. The molecule has 1 aromatic rings. The Hall–Kier alpha value is -2.89. The Morgan fingerprint density at radius 2 is 2.00 bits per heavy atom. The van der Waals surface area contributed by atoms with Crippen molar-refractivity contribution in [3.8, 4) is 11.5 Å². The third-order valence-electron chi connectivity index (χ3n) is 8.64. The molecule has 0 saturated carbocycles. The quantitative estimate of drug-likeness (QED) is 0.327. The molecule has 4 rings (SSSR count). The molecule has 2 saturated heterocycles. The first kappa shape index (κ1) is 30.1. The van der Waals surface area contributed by atoms with Crippen LogP contribution in [0.1, 0.15) is 63.5 Å². The van der Waals surface area contributed by atoms with Crippen LogP contribution in [0.15, 0.2) is 12.1 Å². The highest BCUT2D eigenvalue weighted by Gasteiger charge is 2.48. The van der Waals surface area contributed by atoms with Crippen molar-refractivity contribution in [2.24, 2.45) is 17.1 Å². The van der Waals surface area contributed by atoms with Crippen molar-refractivity contribution in [3.63, 3.8) is 0 Å². The molecule has 1 aromatic carbocycles. The standard InChI is InChI=1S/C29H44N4O7/c1-4-5-9-31(12-8-30)24(35)16-33-15-21(19-13-20(17-34)26-23(14-19)39-18-40-26)25(27(36)37)22(33)6-10-32-11-7-29(2,3)28(32)38/h13-14,21-22,25,34H,4-12,15-18,30H2,1-3H3,(H,36,37)/t21-,22+,25-/m1/s1. The number of hydrogen-bond acceptors (Lipinski definition) is 8. The first-order chi connectivity index (χ1) is 19.1. The lowest BCUT2D eigenvalue weighted by atomic mass is 9.83. The van der Waals surface area contributed by atoms with Crippen molar-refractivity contribution < 1.29 is 34.1 Å². The summed E-state index contributed by atoms with van der Waals surface area (Å²) in [6.45, 7) is 8.61. The normalized spacial score (nSPS) is 23.7. The first-order valence-corrected chi connectivity index (χ1v) is 14.4. The Morgan fingerprint density at radius 3 is 2.62 bits per heavy atom. The van der Waals surface area contributed by atoms with Gasteiger partial charge < -0.3 is 35.2 Å². The van der Waals surface area contributed by atoms with Crippen LogP contribution in [0.4, 0.5) is 0 Å². The van der Waals surface area contributed by atoms with Gasteiger partial charge in [-0.2, -0.15) is 0 Å². The number of carboxylic acids is 1. The summed E-state index contributed by atoms with van der Waals surface area (Å²) < 4.78 is 11.1. The number of benzene rings is 1. The second-order valence-corrected chi connectivity index (χ2v) is 11.8. The van der Waals surface area contributed by atoms with Crippen LogP contribution in [-0.4, -0.2) is 101 Å². The van der Waals surface area contributed by atoms with Crippen LogP contribution in [0.2, 0.25) is 0 Å². The maximum absolute atomic E-state index is 13.5. The SMILES string of the molecule is CCCCN(CCN)C(=O)CN1C[C@H](c2cc(CO)c3c(c2)OCO3)[C@@H](C(=O)O)[C@@H]1CCN1CCC(C)(C)C1=O. The summed E-state index contributed by atoms with van der Waals surface area (Å²) in [4.78, 5) is 44.7. The van der Waals surface area contributed by atoms with Crippen LogP contribution in [0.3, 0.4) is 0 Å². The number of hydrogen-bond donors (Lipinski definition) is 3. The van der Waals surface area contributed by atoms with Gasteiger partial charge in [0, 0.05) is 62.2 Å². The number of aliphatic carboxylic acids is 1. The fourth-order valence-electron chi connectivity index (χ4n) is 6.32. The van der Waals surface area contributed by atoms with Crippen LogP contribution in [0.5, 0.6) is 11.5 Å². The number of nitrogens with zero attached hydrogens (tertiary/aromatic N) is 3. The average molecular weight is 561 g/mol. The highest BCUT2D eigenvalue weighted by atomic mass is 16.7. The van der Waals surface area contributed by atoms with Gasteiger partial charge >= 0.3 is 5.97 Å². The van der Waals surface area contributed by atoms with Gasteiger partial charge in [-0.3, -0.25) is 19.3 Å². The minimum absolute atomic E-state index is 0.0387. The molecule has 40 heavy (non-hydrogen) atoms. The van der Waals surface area contributed by atoms with Gasteiger partial charge in [0.15, 0.2) is 11.5 Å². The maximum Gasteiger partial charge on any atom is 0.308 e. The van der Waals surface area contributed by atoms with Crippen LogP contribution < -0.4 is 15.2 Å². The lowest BCUT2D eigenvalue weighted by Gasteiger charge is -2.31. The maximum atomic E-state index is 13.5. The zero-order valence-corrected chi connectivity index (χ0v) is 23.9. The van der Waals surface area contributed by atoms with Gasteiger partial charge in [0.25, 0.3) is 0 Å². The summed E-state index contributed by atoms with van der Waals surface area (Å²) in [5.74, 6) is -1.25. The van der Waals surface area contributed by atoms with Gasteiger partial charge in [-0.05, 0) is 37.0 Å². The Kier molecular flexibility index (Phi) is 9.58. The molecule has 0 unspecified atom stereocenters. The molecular formula is C29H44N4O7. The van der Waals surface area contributed by atoms with E-state index in [0.717, 1.165) is 24.8 Å². The number of fused-ring (bicyclic) bond motifs is 1. The number of amides is 2. The predicted molar refractivity (Wildman–Crippen MR) is 148 cm³/mol. The zero-order valence-electron chi connectivity index (χ0n) is 23.9.